The summed E-state index contributed by atoms with van der Waals surface area (Å²) < 4.78 is 5.93. The predicted molar refractivity (Wildman–Crippen MR) is 130 cm³/mol. The van der Waals surface area contributed by atoms with E-state index < -0.39 is 5.50 Å². The molecule has 1 aliphatic rings. The maximum Gasteiger partial charge on any atom is 0.243 e. The number of halogens is 3. The monoisotopic (exact) mass is 481 g/mol. The van der Waals surface area contributed by atoms with Gasteiger partial charge in [0.1, 0.15) is 11.6 Å². The SMILES string of the molecule is C=CCOC(c1ccc(Cl)cc1)C(Cl)N1C=CN(CC(=O)Nc2ccccc2C)C1.Cl. The van der Waals surface area contributed by atoms with Crippen molar-refractivity contribution in [3.05, 3.63) is 89.7 Å². The quantitative estimate of drug-likeness (QED) is 0.288. The van der Waals surface area contributed by atoms with Gasteiger partial charge in [-0.15, -0.1) is 19.0 Å². The van der Waals surface area contributed by atoms with Crippen molar-refractivity contribution in [1.82, 2.24) is 9.80 Å². The van der Waals surface area contributed by atoms with E-state index in [1.165, 1.54) is 0 Å². The van der Waals surface area contributed by atoms with Crippen LogP contribution in [0, 0.1) is 6.92 Å². The zero-order chi connectivity index (χ0) is 21.5. The molecule has 2 unspecified atom stereocenters. The minimum atomic E-state index is -0.466. The largest absolute Gasteiger partial charge is 0.366 e. The van der Waals surface area contributed by atoms with Crippen LogP contribution < -0.4 is 5.32 Å². The van der Waals surface area contributed by atoms with E-state index in [9.17, 15) is 4.79 Å². The second-order valence-corrected chi connectivity index (χ2v) is 7.91. The maximum atomic E-state index is 12.4. The third-order valence-electron chi connectivity index (χ3n) is 4.74. The van der Waals surface area contributed by atoms with Crippen LogP contribution in [0.1, 0.15) is 17.2 Å². The Morgan fingerprint density at radius 2 is 1.94 bits per heavy atom. The van der Waals surface area contributed by atoms with Crippen molar-refractivity contribution in [2.75, 3.05) is 25.1 Å². The van der Waals surface area contributed by atoms with Crippen LogP contribution in [-0.4, -0.2) is 41.0 Å². The van der Waals surface area contributed by atoms with E-state index in [2.05, 4.69) is 11.9 Å². The zero-order valence-corrected chi connectivity index (χ0v) is 19.5. The first-order valence-corrected chi connectivity index (χ1v) is 10.4. The van der Waals surface area contributed by atoms with Crippen LogP contribution in [-0.2, 0) is 9.53 Å². The molecule has 8 heteroatoms. The average Bonchev–Trinajstić information content (AvgIpc) is 3.19. The van der Waals surface area contributed by atoms with Crippen molar-refractivity contribution >= 4 is 47.2 Å². The average molecular weight is 483 g/mol. The lowest BCUT2D eigenvalue weighted by Gasteiger charge is -2.31. The summed E-state index contributed by atoms with van der Waals surface area (Å²) in [6.07, 6.45) is 5.04. The summed E-state index contributed by atoms with van der Waals surface area (Å²) in [5.41, 5.74) is 2.30. The second kappa shape index (κ2) is 12.0. The molecule has 0 radical (unpaired) electrons. The lowest BCUT2D eigenvalue weighted by molar-refractivity contribution is -0.117. The molecule has 2 atom stereocenters. The number of nitrogens with one attached hydrogen (secondary N) is 1. The van der Waals surface area contributed by atoms with Crippen LogP contribution in [0.2, 0.25) is 5.02 Å². The number of aryl methyl sites for hydroxylation is 1. The summed E-state index contributed by atoms with van der Waals surface area (Å²) in [6.45, 7) is 6.76. The van der Waals surface area contributed by atoms with E-state index in [1.54, 1.807) is 6.08 Å². The van der Waals surface area contributed by atoms with Crippen LogP contribution in [0.25, 0.3) is 0 Å². The molecule has 1 aliphatic heterocycles. The zero-order valence-electron chi connectivity index (χ0n) is 17.2. The normalized spacial score (nSPS) is 14.7. The smallest absolute Gasteiger partial charge is 0.243 e. The van der Waals surface area contributed by atoms with Crippen LogP contribution in [0.4, 0.5) is 5.69 Å². The number of carbonyl (C=O) groups excluding carboxylic acids is 1. The molecule has 0 aromatic heterocycles. The molecule has 31 heavy (non-hydrogen) atoms. The number of hydrogen-bond donors (Lipinski definition) is 1. The third-order valence-corrected chi connectivity index (χ3v) is 5.47. The molecule has 0 spiro atoms. The summed E-state index contributed by atoms with van der Waals surface area (Å²) in [5.74, 6) is -0.0842. The van der Waals surface area contributed by atoms with Gasteiger partial charge in [0.25, 0.3) is 0 Å². The highest BCUT2D eigenvalue weighted by molar-refractivity contribution is 6.30. The van der Waals surface area contributed by atoms with Crippen molar-refractivity contribution in [3.8, 4) is 0 Å². The van der Waals surface area contributed by atoms with Gasteiger partial charge >= 0.3 is 0 Å². The van der Waals surface area contributed by atoms with E-state index in [1.807, 2.05) is 77.7 Å². The number of alkyl halides is 1. The fraction of sp³-hybridized carbons (Fsp3) is 0.261. The van der Waals surface area contributed by atoms with Gasteiger partial charge in [-0.3, -0.25) is 4.79 Å². The Morgan fingerprint density at radius 3 is 2.61 bits per heavy atom. The van der Waals surface area contributed by atoms with E-state index in [0.29, 0.717) is 18.3 Å². The van der Waals surface area contributed by atoms with Crippen molar-refractivity contribution in [1.29, 1.82) is 0 Å². The minimum absolute atomic E-state index is 0. The Hall–Kier alpha value is -2.18. The Kier molecular flexibility index (Phi) is 9.72. The van der Waals surface area contributed by atoms with Gasteiger partial charge in [-0.25, -0.2) is 0 Å². The first-order valence-electron chi connectivity index (χ1n) is 9.63. The number of ether oxygens (including phenoxy) is 1. The first-order chi connectivity index (χ1) is 14.5. The van der Waals surface area contributed by atoms with Gasteiger partial charge in [0, 0.05) is 23.1 Å². The van der Waals surface area contributed by atoms with E-state index in [4.69, 9.17) is 27.9 Å². The number of amides is 1. The Morgan fingerprint density at radius 1 is 1.23 bits per heavy atom. The first kappa shape index (κ1) is 25.1. The molecule has 0 fully saturated rings. The molecule has 3 rings (SSSR count). The fourth-order valence-electron chi connectivity index (χ4n) is 3.17. The van der Waals surface area contributed by atoms with Gasteiger partial charge in [-0.05, 0) is 36.2 Å². The predicted octanol–water partition coefficient (Wildman–Crippen LogP) is 5.56. The van der Waals surface area contributed by atoms with Gasteiger partial charge in [0.15, 0.2) is 0 Å². The molecular weight excluding hydrogens is 457 g/mol. The Bertz CT molecular complexity index is 905. The van der Waals surface area contributed by atoms with Crippen LogP contribution >= 0.6 is 35.6 Å². The molecule has 2 aromatic rings. The Balaban J connectivity index is 0.00000341. The molecule has 1 N–H and O–H groups in total. The molecule has 2 aromatic carbocycles. The number of nitrogens with zero attached hydrogens (tertiary/aromatic N) is 2. The number of rotatable bonds is 9. The van der Waals surface area contributed by atoms with Crippen LogP contribution in [0.5, 0.6) is 0 Å². The molecular formula is C23H26Cl3N3O2. The van der Waals surface area contributed by atoms with Gasteiger partial charge in [-0.2, -0.15) is 0 Å². The third kappa shape index (κ3) is 6.91. The highest BCUT2D eigenvalue weighted by Gasteiger charge is 2.29. The molecule has 0 bridgehead atoms. The van der Waals surface area contributed by atoms with Crippen molar-refractivity contribution in [2.45, 2.75) is 18.5 Å². The van der Waals surface area contributed by atoms with E-state index in [-0.39, 0.29) is 31.0 Å². The topological polar surface area (TPSA) is 44.8 Å². The van der Waals surface area contributed by atoms with Crippen molar-refractivity contribution < 1.29 is 9.53 Å². The molecule has 0 saturated heterocycles. The number of anilines is 1. The highest BCUT2D eigenvalue weighted by Crippen LogP contribution is 2.30. The lowest BCUT2D eigenvalue weighted by atomic mass is 10.1. The number of para-hydroxylation sites is 1. The van der Waals surface area contributed by atoms with E-state index >= 15 is 0 Å². The summed E-state index contributed by atoms with van der Waals surface area (Å²) in [6, 6.07) is 15.1. The number of hydrogen-bond acceptors (Lipinski definition) is 4. The molecule has 166 valence electrons. The number of benzene rings is 2. The van der Waals surface area contributed by atoms with E-state index in [0.717, 1.165) is 16.8 Å². The lowest BCUT2D eigenvalue weighted by Crippen LogP contribution is -2.38. The summed E-state index contributed by atoms with van der Waals surface area (Å²) in [5, 5.41) is 3.60. The number of carbonyl (C=O) groups is 1. The maximum absolute atomic E-state index is 12.4. The van der Waals surface area contributed by atoms with Crippen LogP contribution in [0.15, 0.2) is 73.6 Å². The molecule has 0 saturated carbocycles. The fourth-order valence-corrected chi connectivity index (χ4v) is 3.64. The van der Waals surface area contributed by atoms with Gasteiger partial charge in [0.05, 0.1) is 19.8 Å². The molecule has 1 amide bonds. The standard InChI is InChI=1S/C23H25Cl2N3O2.ClH/c1-3-14-30-22(18-8-10-19(24)11-9-18)23(25)28-13-12-27(16-28)15-21(29)26-20-7-5-4-6-17(20)2;/h3-13,22-23H,1,14-16H2,2H3,(H,26,29);1H. The minimum Gasteiger partial charge on any atom is -0.366 e. The van der Waals surface area contributed by atoms with Crippen molar-refractivity contribution in [2.24, 2.45) is 0 Å². The summed E-state index contributed by atoms with van der Waals surface area (Å²) in [4.78, 5) is 16.3. The molecule has 5 nitrogen and oxygen atoms in total. The highest BCUT2D eigenvalue weighted by atomic mass is 35.5. The van der Waals surface area contributed by atoms with Crippen LogP contribution in [0.3, 0.4) is 0 Å². The molecule has 1 heterocycles. The van der Waals surface area contributed by atoms with Gasteiger partial charge in [-0.1, -0.05) is 59.6 Å². The second-order valence-electron chi connectivity index (χ2n) is 7.03. The summed E-state index contributed by atoms with van der Waals surface area (Å²) >= 11 is 12.8. The molecule has 0 aliphatic carbocycles. The van der Waals surface area contributed by atoms with Gasteiger partial charge in [0.2, 0.25) is 5.91 Å². The van der Waals surface area contributed by atoms with Gasteiger partial charge < -0.3 is 19.9 Å². The van der Waals surface area contributed by atoms with Crippen molar-refractivity contribution in [3.63, 3.8) is 0 Å². The Labute approximate surface area is 199 Å². The summed E-state index contributed by atoms with van der Waals surface area (Å²) in [7, 11) is 0.